The molecule has 0 radical (unpaired) electrons. The molecule has 27 heavy (non-hydrogen) atoms. The van der Waals surface area contributed by atoms with Crippen LogP contribution in [0.3, 0.4) is 0 Å². The van der Waals surface area contributed by atoms with E-state index in [1.54, 1.807) is 43.3 Å². The number of benzene rings is 2. The first-order chi connectivity index (χ1) is 12.8. The number of carboxylic acid groups (broad SMARTS) is 1. The van der Waals surface area contributed by atoms with E-state index in [0.717, 1.165) is 11.0 Å². The number of rotatable bonds is 4. The SMILES string of the molecule is C[C@H](Nc1cccc(N(C)C(=O)O)c1)c1cc2cc(Cl)cc(F)c2[nH]c1=O. The fourth-order valence-electron chi connectivity index (χ4n) is 2.82. The molecule has 0 spiro atoms. The van der Waals surface area contributed by atoms with Gasteiger partial charge in [0, 0.05) is 34.4 Å². The average Bonchev–Trinajstić information content (AvgIpc) is 2.61. The first kappa shape index (κ1) is 18.7. The minimum absolute atomic E-state index is 0.102. The average molecular weight is 390 g/mol. The molecule has 1 heterocycles. The van der Waals surface area contributed by atoms with E-state index in [2.05, 4.69) is 10.3 Å². The number of H-pyrrole nitrogens is 1. The molecule has 0 unspecified atom stereocenters. The van der Waals surface area contributed by atoms with Crippen molar-refractivity contribution in [1.82, 2.24) is 4.98 Å². The monoisotopic (exact) mass is 389 g/mol. The van der Waals surface area contributed by atoms with Crippen molar-refractivity contribution in [2.24, 2.45) is 0 Å². The van der Waals surface area contributed by atoms with Gasteiger partial charge in [0.1, 0.15) is 5.82 Å². The molecule has 2 aromatic carbocycles. The molecule has 1 aromatic heterocycles. The predicted molar refractivity (Wildman–Crippen MR) is 104 cm³/mol. The number of aromatic nitrogens is 1. The van der Waals surface area contributed by atoms with Crippen molar-refractivity contribution in [1.29, 1.82) is 0 Å². The van der Waals surface area contributed by atoms with E-state index in [4.69, 9.17) is 16.7 Å². The topological polar surface area (TPSA) is 85.4 Å². The third-order valence-electron chi connectivity index (χ3n) is 4.27. The maximum absolute atomic E-state index is 14.0. The molecule has 1 atom stereocenters. The van der Waals surface area contributed by atoms with Gasteiger partial charge in [-0.05, 0) is 43.3 Å². The molecule has 3 N–H and O–H groups in total. The second-order valence-corrected chi connectivity index (χ2v) is 6.60. The first-order valence-electron chi connectivity index (χ1n) is 8.11. The van der Waals surface area contributed by atoms with Gasteiger partial charge in [-0.1, -0.05) is 17.7 Å². The van der Waals surface area contributed by atoms with Gasteiger partial charge in [0.05, 0.1) is 11.6 Å². The summed E-state index contributed by atoms with van der Waals surface area (Å²) in [6.07, 6.45) is -1.08. The Morgan fingerprint density at radius 1 is 1.30 bits per heavy atom. The van der Waals surface area contributed by atoms with E-state index >= 15 is 0 Å². The molecule has 0 fully saturated rings. The van der Waals surface area contributed by atoms with Crippen molar-refractivity contribution in [3.05, 3.63) is 69.2 Å². The number of aromatic amines is 1. The third-order valence-corrected chi connectivity index (χ3v) is 4.49. The van der Waals surface area contributed by atoms with Crippen molar-refractivity contribution in [3.8, 4) is 0 Å². The molecule has 0 saturated carbocycles. The molecule has 1 amide bonds. The van der Waals surface area contributed by atoms with Crippen LogP contribution >= 0.6 is 11.6 Å². The van der Waals surface area contributed by atoms with Crippen molar-refractivity contribution < 1.29 is 14.3 Å². The Labute approximate surface area is 159 Å². The molecule has 0 aliphatic rings. The summed E-state index contributed by atoms with van der Waals surface area (Å²) in [6, 6.07) is 10.7. The number of nitrogens with one attached hydrogen (secondary N) is 2. The number of halogens is 2. The van der Waals surface area contributed by atoms with Crippen LogP contribution in [-0.2, 0) is 0 Å². The smallest absolute Gasteiger partial charge is 0.411 e. The second-order valence-electron chi connectivity index (χ2n) is 6.16. The van der Waals surface area contributed by atoms with Crippen LogP contribution in [0.1, 0.15) is 18.5 Å². The molecule has 0 aliphatic heterocycles. The maximum Gasteiger partial charge on any atom is 0.411 e. The van der Waals surface area contributed by atoms with E-state index in [0.29, 0.717) is 22.3 Å². The quantitative estimate of drug-likeness (QED) is 0.608. The maximum atomic E-state index is 14.0. The lowest BCUT2D eigenvalue weighted by Crippen LogP contribution is -2.24. The summed E-state index contributed by atoms with van der Waals surface area (Å²) in [5.74, 6) is -0.592. The van der Waals surface area contributed by atoms with Crippen LogP contribution in [0.15, 0.2) is 47.3 Å². The summed E-state index contributed by atoms with van der Waals surface area (Å²) in [4.78, 5) is 27.1. The second kappa shape index (κ2) is 7.28. The molecule has 0 aliphatic carbocycles. The van der Waals surface area contributed by atoms with Gasteiger partial charge in [-0.25, -0.2) is 9.18 Å². The van der Waals surface area contributed by atoms with Crippen LogP contribution in [0, 0.1) is 5.82 Å². The largest absolute Gasteiger partial charge is 0.465 e. The molecule has 0 bridgehead atoms. The molecular weight excluding hydrogens is 373 g/mol. The number of hydrogen-bond donors (Lipinski definition) is 3. The molecule has 140 valence electrons. The van der Waals surface area contributed by atoms with Crippen LogP contribution in [0.2, 0.25) is 5.02 Å². The molecule has 3 rings (SSSR count). The zero-order valence-electron chi connectivity index (χ0n) is 14.6. The summed E-state index contributed by atoms with van der Waals surface area (Å²) < 4.78 is 14.0. The van der Waals surface area contributed by atoms with Crippen LogP contribution in [0.25, 0.3) is 10.9 Å². The fraction of sp³-hybridized carbons (Fsp3) is 0.158. The number of anilines is 2. The third kappa shape index (κ3) is 3.88. The van der Waals surface area contributed by atoms with Crippen LogP contribution in [0.5, 0.6) is 0 Å². The van der Waals surface area contributed by atoms with Gasteiger partial charge in [-0.15, -0.1) is 0 Å². The van der Waals surface area contributed by atoms with E-state index in [1.165, 1.54) is 7.05 Å². The van der Waals surface area contributed by atoms with E-state index < -0.39 is 23.5 Å². The number of pyridine rings is 1. The molecule has 3 aromatic rings. The minimum Gasteiger partial charge on any atom is -0.465 e. The van der Waals surface area contributed by atoms with Gasteiger partial charge in [0.15, 0.2) is 0 Å². The van der Waals surface area contributed by atoms with Gasteiger partial charge in [-0.2, -0.15) is 0 Å². The lowest BCUT2D eigenvalue weighted by atomic mass is 10.1. The summed E-state index contributed by atoms with van der Waals surface area (Å²) in [7, 11) is 1.44. The first-order valence-corrected chi connectivity index (χ1v) is 8.49. The Hall–Kier alpha value is -3.06. The fourth-order valence-corrected chi connectivity index (χ4v) is 3.04. The zero-order chi connectivity index (χ0) is 19.7. The highest BCUT2D eigenvalue weighted by Gasteiger charge is 2.15. The summed E-state index contributed by atoms with van der Waals surface area (Å²) >= 11 is 5.90. The summed E-state index contributed by atoms with van der Waals surface area (Å²) in [5, 5.41) is 13.0. The summed E-state index contributed by atoms with van der Waals surface area (Å²) in [6.45, 7) is 1.78. The van der Waals surface area contributed by atoms with Crippen molar-refractivity contribution in [2.45, 2.75) is 13.0 Å². The lowest BCUT2D eigenvalue weighted by molar-refractivity contribution is 0.203. The highest BCUT2D eigenvalue weighted by Crippen LogP contribution is 2.25. The van der Waals surface area contributed by atoms with Crippen LogP contribution in [-0.4, -0.2) is 23.2 Å². The van der Waals surface area contributed by atoms with Crippen LogP contribution in [0.4, 0.5) is 20.6 Å². The van der Waals surface area contributed by atoms with Crippen molar-refractivity contribution in [2.75, 3.05) is 17.3 Å². The molecular formula is C19H17ClFN3O3. The zero-order valence-corrected chi connectivity index (χ0v) is 15.3. The highest BCUT2D eigenvalue weighted by molar-refractivity contribution is 6.31. The van der Waals surface area contributed by atoms with Crippen molar-refractivity contribution in [3.63, 3.8) is 0 Å². The van der Waals surface area contributed by atoms with Gasteiger partial charge in [0.25, 0.3) is 5.56 Å². The highest BCUT2D eigenvalue weighted by atomic mass is 35.5. The van der Waals surface area contributed by atoms with Gasteiger partial charge < -0.3 is 15.4 Å². The molecule has 8 heteroatoms. The Morgan fingerprint density at radius 2 is 2.04 bits per heavy atom. The van der Waals surface area contributed by atoms with E-state index in [9.17, 15) is 14.0 Å². The summed E-state index contributed by atoms with van der Waals surface area (Å²) in [5.41, 5.74) is 1.22. The number of amides is 1. The Morgan fingerprint density at radius 3 is 2.74 bits per heavy atom. The normalized spacial score (nSPS) is 12.0. The lowest BCUT2D eigenvalue weighted by Gasteiger charge is -2.18. The number of nitrogens with zero attached hydrogens (tertiary/aromatic N) is 1. The minimum atomic E-state index is -1.08. The van der Waals surface area contributed by atoms with Gasteiger partial charge >= 0.3 is 6.09 Å². The molecule has 6 nitrogen and oxygen atoms in total. The van der Waals surface area contributed by atoms with Crippen LogP contribution < -0.4 is 15.8 Å². The Balaban J connectivity index is 1.94. The van der Waals surface area contributed by atoms with Gasteiger partial charge in [0.2, 0.25) is 0 Å². The van der Waals surface area contributed by atoms with E-state index in [-0.39, 0.29) is 10.5 Å². The molecule has 0 saturated heterocycles. The Bertz CT molecular complexity index is 1080. The Kier molecular flexibility index (Phi) is 5.05. The predicted octanol–water partition coefficient (Wildman–Crippen LogP) is 4.61. The number of hydrogen-bond acceptors (Lipinski definition) is 3. The van der Waals surface area contributed by atoms with E-state index in [1.807, 2.05) is 0 Å². The number of carbonyl (C=O) groups is 1. The van der Waals surface area contributed by atoms with Crippen molar-refractivity contribution >= 4 is 40.0 Å². The number of fused-ring (bicyclic) bond motifs is 1. The standard InChI is InChI=1S/C19H17ClFN3O3/c1-10(22-13-4-3-5-14(9-13)24(2)19(26)27)15-7-11-6-12(20)8-16(21)17(11)23-18(15)25/h3-10,22H,1-2H3,(H,23,25)(H,26,27)/t10-/m0/s1. The van der Waals surface area contributed by atoms with Gasteiger partial charge in [-0.3, -0.25) is 9.69 Å².